The molecule has 19 heavy (non-hydrogen) atoms. The third-order valence-electron chi connectivity index (χ3n) is 3.24. The number of rotatable bonds is 6. The van der Waals surface area contributed by atoms with E-state index in [-0.39, 0.29) is 0 Å². The first-order valence-electron chi connectivity index (χ1n) is 6.47. The van der Waals surface area contributed by atoms with Crippen LogP contribution in [-0.2, 0) is 11.2 Å². The van der Waals surface area contributed by atoms with Crippen molar-refractivity contribution in [2.75, 3.05) is 34.5 Å². The monoisotopic (exact) mass is 259 g/mol. The predicted molar refractivity (Wildman–Crippen MR) is 78.7 cm³/mol. The molecule has 0 saturated heterocycles. The summed E-state index contributed by atoms with van der Waals surface area (Å²) in [4.78, 5) is 2.16. The molecule has 0 heterocycles. The van der Waals surface area contributed by atoms with E-state index in [9.17, 15) is 0 Å². The summed E-state index contributed by atoms with van der Waals surface area (Å²) in [5.74, 6) is 0.903. The van der Waals surface area contributed by atoms with Gasteiger partial charge in [0.15, 0.2) is 0 Å². The van der Waals surface area contributed by atoms with E-state index in [1.807, 2.05) is 6.07 Å². The van der Waals surface area contributed by atoms with Crippen molar-refractivity contribution < 1.29 is 9.47 Å². The molecule has 2 aromatic carbocycles. The highest BCUT2D eigenvalue weighted by Crippen LogP contribution is 2.22. The van der Waals surface area contributed by atoms with Gasteiger partial charge in [0.2, 0.25) is 0 Å². The minimum absolute atomic E-state index is 0.671. The van der Waals surface area contributed by atoms with Crippen LogP contribution in [0.15, 0.2) is 36.4 Å². The Bertz CT molecular complexity index is 539. The van der Waals surface area contributed by atoms with Gasteiger partial charge in [-0.15, -0.1) is 0 Å². The summed E-state index contributed by atoms with van der Waals surface area (Å²) in [6.07, 6.45) is 1.03. The van der Waals surface area contributed by atoms with Crippen LogP contribution in [0.25, 0.3) is 10.8 Å². The molecule has 3 nitrogen and oxygen atoms in total. The van der Waals surface area contributed by atoms with Crippen molar-refractivity contribution in [3.8, 4) is 5.75 Å². The normalized spacial score (nSPS) is 11.2. The number of nitrogens with zero attached hydrogens (tertiary/aromatic N) is 1. The molecule has 0 radical (unpaired) electrons. The molecular weight excluding hydrogens is 238 g/mol. The fourth-order valence-corrected chi connectivity index (χ4v) is 2.16. The number of methoxy groups -OCH3 is 2. The Morgan fingerprint density at radius 2 is 1.74 bits per heavy atom. The van der Waals surface area contributed by atoms with Gasteiger partial charge >= 0.3 is 0 Å². The van der Waals surface area contributed by atoms with Crippen molar-refractivity contribution in [2.24, 2.45) is 0 Å². The summed E-state index contributed by atoms with van der Waals surface area (Å²) in [6.45, 7) is 1.67. The topological polar surface area (TPSA) is 21.7 Å². The Morgan fingerprint density at radius 3 is 2.47 bits per heavy atom. The largest absolute Gasteiger partial charge is 0.497 e. The van der Waals surface area contributed by atoms with Gasteiger partial charge in [0.25, 0.3) is 0 Å². The Hall–Kier alpha value is -1.58. The van der Waals surface area contributed by atoms with Crippen LogP contribution in [-0.4, -0.2) is 39.4 Å². The summed E-state index contributed by atoms with van der Waals surface area (Å²) in [5.41, 5.74) is 1.35. The standard InChI is InChI=1S/C16H21NO2/c1-17(12-18-2)9-8-13-4-5-15-11-16(19-3)7-6-14(15)10-13/h4-7,10-11H,8-9,12H2,1-3H3. The first-order valence-corrected chi connectivity index (χ1v) is 6.47. The molecule has 2 aromatic rings. The predicted octanol–water partition coefficient (Wildman–Crippen LogP) is 2.93. The zero-order valence-corrected chi connectivity index (χ0v) is 11.8. The van der Waals surface area contributed by atoms with Crippen LogP contribution in [0.4, 0.5) is 0 Å². The highest BCUT2D eigenvalue weighted by molar-refractivity contribution is 5.84. The van der Waals surface area contributed by atoms with Gasteiger partial charge in [-0.1, -0.05) is 24.3 Å². The van der Waals surface area contributed by atoms with Crippen molar-refractivity contribution in [3.05, 3.63) is 42.0 Å². The van der Waals surface area contributed by atoms with Crippen LogP contribution >= 0.6 is 0 Å². The minimum Gasteiger partial charge on any atom is -0.497 e. The van der Waals surface area contributed by atoms with Gasteiger partial charge in [0.05, 0.1) is 13.8 Å². The van der Waals surface area contributed by atoms with Crippen molar-refractivity contribution in [1.82, 2.24) is 4.90 Å². The van der Waals surface area contributed by atoms with E-state index >= 15 is 0 Å². The summed E-state index contributed by atoms with van der Waals surface area (Å²) >= 11 is 0. The summed E-state index contributed by atoms with van der Waals surface area (Å²) in [6, 6.07) is 12.8. The fraction of sp³-hybridized carbons (Fsp3) is 0.375. The molecule has 0 fully saturated rings. The molecule has 0 aromatic heterocycles. The second-order valence-electron chi connectivity index (χ2n) is 4.79. The van der Waals surface area contributed by atoms with Gasteiger partial charge in [0.1, 0.15) is 5.75 Å². The number of ether oxygens (including phenoxy) is 2. The highest BCUT2D eigenvalue weighted by Gasteiger charge is 2.01. The van der Waals surface area contributed by atoms with Crippen LogP contribution in [0.1, 0.15) is 5.56 Å². The van der Waals surface area contributed by atoms with Gasteiger partial charge in [-0.05, 0) is 41.9 Å². The van der Waals surface area contributed by atoms with Gasteiger partial charge < -0.3 is 9.47 Å². The van der Waals surface area contributed by atoms with Crippen molar-refractivity contribution in [3.63, 3.8) is 0 Å². The van der Waals surface area contributed by atoms with E-state index in [0.717, 1.165) is 18.7 Å². The summed E-state index contributed by atoms with van der Waals surface area (Å²) in [5, 5.41) is 2.47. The van der Waals surface area contributed by atoms with Gasteiger partial charge in [-0.2, -0.15) is 0 Å². The lowest BCUT2D eigenvalue weighted by Crippen LogP contribution is -2.23. The molecule has 0 aliphatic carbocycles. The molecule has 0 amide bonds. The Morgan fingerprint density at radius 1 is 1.00 bits per heavy atom. The molecule has 2 rings (SSSR count). The van der Waals surface area contributed by atoms with Crippen molar-refractivity contribution >= 4 is 10.8 Å². The summed E-state index contributed by atoms with van der Waals surface area (Å²) in [7, 11) is 5.48. The van der Waals surface area contributed by atoms with E-state index < -0.39 is 0 Å². The molecule has 0 bridgehead atoms. The van der Waals surface area contributed by atoms with Crippen molar-refractivity contribution in [1.29, 1.82) is 0 Å². The molecule has 0 saturated carbocycles. The maximum Gasteiger partial charge on any atom is 0.119 e. The second-order valence-corrected chi connectivity index (χ2v) is 4.79. The van der Waals surface area contributed by atoms with Crippen LogP contribution in [0.2, 0.25) is 0 Å². The molecule has 0 unspecified atom stereocenters. The zero-order chi connectivity index (χ0) is 13.7. The quantitative estimate of drug-likeness (QED) is 0.745. The molecule has 3 heteroatoms. The third kappa shape index (κ3) is 3.69. The zero-order valence-electron chi connectivity index (χ0n) is 11.8. The Kier molecular flexibility index (Phi) is 4.77. The molecular formula is C16H21NO2. The fourth-order valence-electron chi connectivity index (χ4n) is 2.16. The second kappa shape index (κ2) is 6.55. The molecule has 0 aliphatic heterocycles. The maximum absolute atomic E-state index is 5.24. The van der Waals surface area contributed by atoms with Crippen LogP contribution < -0.4 is 4.74 Å². The Balaban J connectivity index is 2.09. The molecule has 0 atom stereocenters. The number of benzene rings is 2. The number of fused-ring (bicyclic) bond motifs is 1. The van der Waals surface area contributed by atoms with E-state index in [2.05, 4.69) is 42.3 Å². The third-order valence-corrected chi connectivity index (χ3v) is 3.24. The van der Waals surface area contributed by atoms with E-state index in [1.165, 1.54) is 16.3 Å². The average Bonchev–Trinajstić information content (AvgIpc) is 2.44. The maximum atomic E-state index is 5.24. The number of likely N-dealkylation sites (N-methyl/N-ethyl adjacent to an activating group) is 1. The number of hydrogen-bond donors (Lipinski definition) is 0. The first kappa shape index (κ1) is 13.8. The molecule has 0 aliphatic rings. The number of hydrogen-bond acceptors (Lipinski definition) is 3. The average molecular weight is 259 g/mol. The molecule has 0 N–H and O–H groups in total. The molecule has 0 spiro atoms. The summed E-state index contributed by atoms with van der Waals surface area (Å²) < 4.78 is 10.3. The van der Waals surface area contributed by atoms with Crippen molar-refractivity contribution in [2.45, 2.75) is 6.42 Å². The highest BCUT2D eigenvalue weighted by atomic mass is 16.5. The van der Waals surface area contributed by atoms with Gasteiger partial charge in [-0.3, -0.25) is 4.90 Å². The minimum atomic E-state index is 0.671. The lowest BCUT2D eigenvalue weighted by molar-refractivity contribution is 0.0827. The van der Waals surface area contributed by atoms with Gasteiger partial charge in [-0.25, -0.2) is 0 Å². The first-order chi connectivity index (χ1) is 9.22. The molecule has 102 valence electrons. The van der Waals surface area contributed by atoms with E-state index in [1.54, 1.807) is 14.2 Å². The van der Waals surface area contributed by atoms with Gasteiger partial charge in [0, 0.05) is 13.7 Å². The van der Waals surface area contributed by atoms with Crippen LogP contribution in [0.3, 0.4) is 0 Å². The Labute approximate surface area is 114 Å². The lowest BCUT2D eigenvalue weighted by Gasteiger charge is -2.15. The lowest BCUT2D eigenvalue weighted by atomic mass is 10.0. The van der Waals surface area contributed by atoms with E-state index in [0.29, 0.717) is 6.73 Å². The smallest absolute Gasteiger partial charge is 0.119 e. The van der Waals surface area contributed by atoms with Crippen LogP contribution in [0.5, 0.6) is 5.75 Å². The SMILES string of the molecule is COCN(C)CCc1ccc2cc(OC)ccc2c1. The van der Waals surface area contributed by atoms with Crippen LogP contribution in [0, 0.1) is 0 Å². The van der Waals surface area contributed by atoms with E-state index in [4.69, 9.17) is 9.47 Å².